The van der Waals surface area contributed by atoms with Crippen LogP contribution in [0.25, 0.3) is 0 Å². The van der Waals surface area contributed by atoms with Gasteiger partial charge in [0.05, 0.1) is 34.5 Å². The van der Waals surface area contributed by atoms with Crippen molar-refractivity contribution in [3.05, 3.63) is 0 Å². The number of aliphatic carboxylic acids is 2. The average molecular weight is 374 g/mol. The molecule has 4 aliphatic rings. The molecule has 8 nitrogen and oxygen atoms in total. The molecule has 0 amide bonds. The molecule has 0 spiro atoms. The zero-order chi connectivity index (χ0) is 18.0. The van der Waals surface area contributed by atoms with Crippen molar-refractivity contribution < 1.29 is 37.7 Å². The Morgan fingerprint density at radius 1 is 0.880 bits per heavy atom. The summed E-state index contributed by atoms with van der Waals surface area (Å²) in [6.07, 6.45) is 1.38. The number of hydrogen-bond donors (Lipinski definition) is 2. The van der Waals surface area contributed by atoms with Gasteiger partial charge in [0.2, 0.25) is 0 Å². The first-order valence-electron chi connectivity index (χ1n) is 8.68. The summed E-state index contributed by atoms with van der Waals surface area (Å²) in [6, 6.07) is 0. The largest absolute Gasteiger partial charge is 0.481 e. The topological polar surface area (TPSA) is 134 Å². The van der Waals surface area contributed by atoms with E-state index in [0.717, 1.165) is 0 Å². The van der Waals surface area contributed by atoms with Crippen molar-refractivity contribution in [2.24, 2.45) is 10.8 Å². The first-order chi connectivity index (χ1) is 11.7. The van der Waals surface area contributed by atoms with Crippen LogP contribution < -0.4 is 0 Å². The van der Waals surface area contributed by atoms with Gasteiger partial charge >= 0.3 is 11.9 Å². The summed E-state index contributed by atoms with van der Waals surface area (Å²) in [5.41, 5.74) is -2.22. The minimum absolute atomic E-state index is 0.0223. The first kappa shape index (κ1) is 17.2. The van der Waals surface area contributed by atoms with E-state index in [1.54, 1.807) is 0 Å². The summed E-state index contributed by atoms with van der Waals surface area (Å²) in [7, 11) is -3.55. The SMILES string of the molecule is O=C(O)C1(CCS(=O)(=O)CCC2(C(=O)O)CCC3OC32)CCC2OC21. The fourth-order valence-corrected chi connectivity index (χ4v) is 6.32. The molecule has 2 saturated heterocycles. The van der Waals surface area contributed by atoms with Crippen LogP contribution in [0.1, 0.15) is 38.5 Å². The third-order valence-corrected chi connectivity index (χ3v) is 8.23. The van der Waals surface area contributed by atoms with E-state index >= 15 is 0 Å². The van der Waals surface area contributed by atoms with Crippen molar-refractivity contribution >= 4 is 21.8 Å². The van der Waals surface area contributed by atoms with Gasteiger partial charge in [-0.2, -0.15) is 0 Å². The number of carboxylic acids is 2. The summed E-state index contributed by atoms with van der Waals surface area (Å²) >= 11 is 0. The maximum Gasteiger partial charge on any atom is 0.312 e. The predicted octanol–water partition coefficient (Wildman–Crippen LogP) is 0.446. The van der Waals surface area contributed by atoms with Gasteiger partial charge in [0.15, 0.2) is 0 Å². The molecule has 6 atom stereocenters. The molecule has 2 N–H and O–H groups in total. The first-order valence-corrected chi connectivity index (χ1v) is 10.5. The molecule has 6 unspecified atom stereocenters. The van der Waals surface area contributed by atoms with Crippen LogP contribution in [0.3, 0.4) is 0 Å². The molecular formula is C16H22O8S. The van der Waals surface area contributed by atoms with Crippen LogP contribution in [0, 0.1) is 10.8 Å². The molecule has 2 aliphatic carbocycles. The molecule has 9 heteroatoms. The highest BCUT2D eigenvalue weighted by molar-refractivity contribution is 7.91. The lowest BCUT2D eigenvalue weighted by molar-refractivity contribution is -0.151. The van der Waals surface area contributed by atoms with Gasteiger partial charge in [-0.05, 0) is 38.5 Å². The van der Waals surface area contributed by atoms with Crippen LogP contribution in [-0.4, -0.2) is 66.5 Å². The second-order valence-corrected chi connectivity index (χ2v) is 10.1. The van der Waals surface area contributed by atoms with Crippen LogP contribution >= 0.6 is 0 Å². The van der Waals surface area contributed by atoms with Crippen LogP contribution in [0.2, 0.25) is 0 Å². The molecule has 0 aromatic rings. The average Bonchev–Trinajstić information content (AvgIpc) is 3.44. The van der Waals surface area contributed by atoms with E-state index in [1.165, 1.54) is 0 Å². The van der Waals surface area contributed by atoms with Gasteiger partial charge in [0, 0.05) is 0 Å². The Kier molecular flexibility index (Phi) is 3.73. The highest BCUT2D eigenvalue weighted by Gasteiger charge is 2.65. The van der Waals surface area contributed by atoms with E-state index in [1.807, 2.05) is 0 Å². The molecule has 0 radical (unpaired) electrons. The van der Waals surface area contributed by atoms with Gasteiger partial charge in [-0.1, -0.05) is 0 Å². The van der Waals surface area contributed by atoms with Gasteiger partial charge in [-0.3, -0.25) is 9.59 Å². The fourth-order valence-electron chi connectivity index (χ4n) is 4.76. The van der Waals surface area contributed by atoms with E-state index in [-0.39, 0.29) is 48.8 Å². The number of ether oxygens (including phenoxy) is 2. The van der Waals surface area contributed by atoms with Crippen molar-refractivity contribution in [1.82, 2.24) is 0 Å². The number of hydrogen-bond acceptors (Lipinski definition) is 6. The summed E-state index contributed by atoms with van der Waals surface area (Å²) in [5.74, 6) is -2.51. The fraction of sp³-hybridized carbons (Fsp3) is 0.875. The molecule has 140 valence electrons. The Labute approximate surface area is 145 Å². The predicted molar refractivity (Wildman–Crippen MR) is 83.8 cm³/mol. The van der Waals surface area contributed by atoms with Crippen molar-refractivity contribution in [1.29, 1.82) is 0 Å². The lowest BCUT2D eigenvalue weighted by Gasteiger charge is -2.26. The number of carbonyl (C=O) groups is 2. The van der Waals surface area contributed by atoms with Crippen molar-refractivity contribution in [2.75, 3.05) is 11.5 Å². The monoisotopic (exact) mass is 374 g/mol. The van der Waals surface area contributed by atoms with Crippen molar-refractivity contribution in [2.45, 2.75) is 62.9 Å². The summed E-state index contributed by atoms with van der Waals surface area (Å²) in [5, 5.41) is 19.1. The Balaban J connectivity index is 1.39. The lowest BCUT2D eigenvalue weighted by Crippen LogP contribution is -2.38. The standard InChI is InChI=1S/C16H22O8S/c17-13(18)15(3-1-9-11(15)23-9)5-7-25(21,22)8-6-16(14(19)20)4-2-10-12(16)24-10/h9-12H,1-8H2,(H,17,18)(H,19,20). The maximum absolute atomic E-state index is 12.4. The van der Waals surface area contributed by atoms with Gasteiger partial charge < -0.3 is 19.7 Å². The Bertz CT molecular complexity index is 664. The molecule has 4 rings (SSSR count). The molecule has 2 saturated carbocycles. The number of epoxide rings is 2. The Morgan fingerprint density at radius 3 is 1.52 bits per heavy atom. The molecule has 0 aromatic heterocycles. The Hall–Kier alpha value is -1.19. The third-order valence-electron chi connectivity index (χ3n) is 6.57. The van der Waals surface area contributed by atoms with E-state index in [0.29, 0.717) is 25.7 Å². The number of carboxylic acid groups (broad SMARTS) is 2. The van der Waals surface area contributed by atoms with Crippen LogP contribution in [0.5, 0.6) is 0 Å². The molecule has 2 aliphatic heterocycles. The van der Waals surface area contributed by atoms with Crippen molar-refractivity contribution in [3.8, 4) is 0 Å². The minimum atomic E-state index is -3.55. The van der Waals surface area contributed by atoms with Crippen molar-refractivity contribution in [3.63, 3.8) is 0 Å². The number of sulfone groups is 1. The van der Waals surface area contributed by atoms with Crippen LogP contribution in [0.4, 0.5) is 0 Å². The second-order valence-electron chi connectivity index (χ2n) is 7.84. The van der Waals surface area contributed by atoms with Gasteiger partial charge in [0.25, 0.3) is 0 Å². The van der Waals surface area contributed by atoms with E-state index in [9.17, 15) is 28.2 Å². The Morgan fingerprint density at radius 2 is 1.28 bits per heavy atom. The quantitative estimate of drug-likeness (QED) is 0.585. The van der Waals surface area contributed by atoms with Gasteiger partial charge in [-0.15, -0.1) is 0 Å². The second kappa shape index (κ2) is 5.40. The van der Waals surface area contributed by atoms with Gasteiger partial charge in [0.1, 0.15) is 22.0 Å². The summed E-state index contributed by atoms with van der Waals surface area (Å²) in [4.78, 5) is 23.3. The summed E-state index contributed by atoms with van der Waals surface area (Å²) < 4.78 is 35.6. The zero-order valence-electron chi connectivity index (χ0n) is 13.7. The van der Waals surface area contributed by atoms with Gasteiger partial charge in [-0.25, -0.2) is 8.42 Å². The third kappa shape index (κ3) is 2.67. The molecule has 0 bridgehead atoms. The molecular weight excluding hydrogens is 352 g/mol. The minimum Gasteiger partial charge on any atom is -0.481 e. The van der Waals surface area contributed by atoms with Crippen LogP contribution in [0.15, 0.2) is 0 Å². The number of fused-ring (bicyclic) bond motifs is 2. The van der Waals surface area contributed by atoms with Crippen LogP contribution in [-0.2, 0) is 28.9 Å². The maximum atomic E-state index is 12.4. The molecule has 25 heavy (non-hydrogen) atoms. The van der Waals surface area contributed by atoms with E-state index in [4.69, 9.17) is 9.47 Å². The zero-order valence-corrected chi connectivity index (χ0v) is 14.5. The smallest absolute Gasteiger partial charge is 0.312 e. The van der Waals surface area contributed by atoms with E-state index in [2.05, 4.69) is 0 Å². The normalized spacial score (nSPS) is 44.2. The molecule has 0 aromatic carbocycles. The molecule has 4 fully saturated rings. The number of rotatable bonds is 8. The summed E-state index contributed by atoms with van der Waals surface area (Å²) in [6.45, 7) is 0. The molecule has 2 heterocycles. The highest BCUT2D eigenvalue weighted by atomic mass is 32.2. The van der Waals surface area contributed by atoms with E-state index < -0.39 is 32.6 Å². The highest BCUT2D eigenvalue weighted by Crippen LogP contribution is 2.55. The lowest BCUT2D eigenvalue weighted by atomic mass is 9.82.